The van der Waals surface area contributed by atoms with Gasteiger partial charge in [0.05, 0.1) is 15.4 Å². The summed E-state index contributed by atoms with van der Waals surface area (Å²) < 4.78 is 43.4. The number of carbonyl (C=O) groups is 3. The summed E-state index contributed by atoms with van der Waals surface area (Å²) in [7, 11) is 0. The Kier molecular flexibility index (Phi) is 10.0. The number of carboxylic acid groups (broad SMARTS) is 1. The van der Waals surface area contributed by atoms with E-state index in [1.807, 2.05) is 34.1 Å². The maximum absolute atomic E-state index is 13.0. The molecule has 4 aromatic rings. The van der Waals surface area contributed by atoms with Crippen LogP contribution in [0.2, 0.25) is 0 Å². The van der Waals surface area contributed by atoms with Crippen molar-refractivity contribution in [2.45, 2.75) is 25.1 Å². The molecule has 4 heterocycles. The van der Waals surface area contributed by atoms with Crippen molar-refractivity contribution in [2.75, 3.05) is 62.2 Å². The van der Waals surface area contributed by atoms with Gasteiger partial charge in [-0.05, 0) is 53.8 Å². The average molecular weight is 664 g/mol. The molecule has 2 aromatic carbocycles. The molecule has 0 radical (unpaired) electrons. The topological polar surface area (TPSA) is 136 Å². The Morgan fingerprint density at radius 1 is 0.778 bits per heavy atom. The summed E-state index contributed by atoms with van der Waals surface area (Å²) in [6.07, 6.45) is -4.43. The van der Waals surface area contributed by atoms with E-state index in [0.717, 1.165) is 43.2 Å². The van der Waals surface area contributed by atoms with Crippen molar-refractivity contribution in [2.24, 2.45) is 5.73 Å². The molecule has 16 heteroatoms. The second-order valence-electron chi connectivity index (χ2n) is 10.6. The van der Waals surface area contributed by atoms with Crippen LogP contribution in [0, 0.1) is 0 Å². The van der Waals surface area contributed by atoms with E-state index >= 15 is 0 Å². The van der Waals surface area contributed by atoms with Crippen molar-refractivity contribution in [1.82, 2.24) is 18.5 Å². The average Bonchev–Trinajstić information content (AvgIpc) is 3.68. The van der Waals surface area contributed by atoms with E-state index in [1.165, 1.54) is 37.9 Å². The fourth-order valence-electron chi connectivity index (χ4n) is 5.30. The van der Waals surface area contributed by atoms with Crippen molar-refractivity contribution in [3.63, 3.8) is 0 Å². The smallest absolute Gasteiger partial charge is 0.475 e. The summed E-state index contributed by atoms with van der Waals surface area (Å²) in [5.41, 5.74) is 6.27. The van der Waals surface area contributed by atoms with Gasteiger partial charge in [0.25, 0.3) is 0 Å². The molecule has 2 aliphatic rings. The second-order valence-corrected chi connectivity index (χ2v) is 12.2. The van der Waals surface area contributed by atoms with Gasteiger partial charge in [-0.25, -0.2) is 4.79 Å². The van der Waals surface area contributed by atoms with Gasteiger partial charge in [0.2, 0.25) is 11.8 Å². The molecule has 2 saturated heterocycles. The van der Waals surface area contributed by atoms with Gasteiger partial charge in [0, 0.05) is 69.6 Å². The molecule has 2 aromatic heterocycles. The number of nitrogens with two attached hydrogens (primary N) is 1. The maximum atomic E-state index is 13.0. The third-order valence-corrected chi connectivity index (χ3v) is 9.40. The fourth-order valence-corrected chi connectivity index (χ4v) is 6.89. The number of rotatable bonds is 6. The Morgan fingerprint density at radius 2 is 1.20 bits per heavy atom. The zero-order valence-electron chi connectivity index (χ0n) is 24.2. The van der Waals surface area contributed by atoms with Crippen molar-refractivity contribution < 1.29 is 32.7 Å². The lowest BCUT2D eigenvalue weighted by Gasteiger charge is -2.36. The van der Waals surface area contributed by atoms with E-state index in [2.05, 4.69) is 42.8 Å². The monoisotopic (exact) mass is 663 g/mol. The molecule has 1 unspecified atom stereocenters. The highest BCUT2D eigenvalue weighted by Crippen LogP contribution is 2.31. The summed E-state index contributed by atoms with van der Waals surface area (Å²) in [6, 6.07) is 15.8. The minimum atomic E-state index is -5.08. The minimum Gasteiger partial charge on any atom is -0.475 e. The second kappa shape index (κ2) is 14.0. The number of hydrogen-bond donors (Lipinski definition) is 2. The lowest BCUT2D eigenvalue weighted by Crippen LogP contribution is -2.53. The van der Waals surface area contributed by atoms with Crippen LogP contribution in [0.15, 0.2) is 48.5 Å². The Balaban J connectivity index is 0.000000515. The number of nitrogens with zero attached hydrogens (tertiary/aromatic N) is 6. The predicted octanol–water partition coefficient (Wildman–Crippen LogP) is 3.64. The third kappa shape index (κ3) is 7.62. The van der Waals surface area contributed by atoms with Gasteiger partial charge in [-0.1, -0.05) is 24.3 Å². The molecule has 6 rings (SSSR count). The molecule has 0 spiro atoms. The van der Waals surface area contributed by atoms with E-state index in [-0.39, 0.29) is 18.2 Å². The number of halogens is 3. The first-order chi connectivity index (χ1) is 21.5. The van der Waals surface area contributed by atoms with Crippen molar-refractivity contribution in [1.29, 1.82) is 0 Å². The summed E-state index contributed by atoms with van der Waals surface area (Å²) in [5, 5.41) is 9.45. The maximum Gasteiger partial charge on any atom is 0.490 e. The van der Waals surface area contributed by atoms with Crippen LogP contribution < -0.4 is 15.5 Å². The zero-order valence-corrected chi connectivity index (χ0v) is 25.8. The van der Waals surface area contributed by atoms with Crippen molar-refractivity contribution in [3.05, 3.63) is 48.5 Å². The van der Waals surface area contributed by atoms with E-state index in [4.69, 9.17) is 15.6 Å². The number of fused-ring (bicyclic) bond motifs is 2. The van der Waals surface area contributed by atoms with Gasteiger partial charge >= 0.3 is 12.1 Å². The number of carbonyl (C=O) groups excluding carboxylic acids is 2. The zero-order chi connectivity index (χ0) is 32.1. The highest BCUT2D eigenvalue weighted by Gasteiger charge is 2.38. The van der Waals surface area contributed by atoms with Crippen LogP contribution in [0.3, 0.4) is 0 Å². The molecule has 0 bridgehead atoms. The number of benzene rings is 2. The van der Waals surface area contributed by atoms with Gasteiger partial charge in [-0.15, -0.1) is 0 Å². The van der Waals surface area contributed by atoms with Gasteiger partial charge in [-0.3, -0.25) is 9.59 Å². The number of carboxylic acids is 1. The molecule has 2 aliphatic heterocycles. The molecule has 240 valence electrons. The molecule has 11 nitrogen and oxygen atoms in total. The Morgan fingerprint density at radius 3 is 1.64 bits per heavy atom. The summed E-state index contributed by atoms with van der Waals surface area (Å²) >= 11 is 3.02. The van der Waals surface area contributed by atoms with Crippen molar-refractivity contribution >= 4 is 72.7 Å². The van der Waals surface area contributed by atoms with Crippen LogP contribution in [0.4, 0.5) is 24.8 Å². The third-order valence-electron chi connectivity index (χ3n) is 7.77. The molecular formula is C29H32F3N7O4S2. The first-order valence-corrected chi connectivity index (χ1v) is 15.9. The molecular weight excluding hydrogens is 631 g/mol. The SMILES string of the molecule is NC(CCC(=O)N1CCN(c2nsc3ccccc23)CC1)C(=O)N1CCN(c2nsc3ccccc23)CC1.O=C(O)C(F)(F)F. The highest BCUT2D eigenvalue weighted by molar-refractivity contribution is 7.14. The van der Waals surface area contributed by atoms with Crippen LogP contribution in [-0.2, 0) is 14.4 Å². The number of alkyl halides is 3. The van der Waals surface area contributed by atoms with Gasteiger partial charge < -0.3 is 30.4 Å². The first-order valence-electron chi connectivity index (χ1n) is 14.3. The molecule has 45 heavy (non-hydrogen) atoms. The van der Waals surface area contributed by atoms with Crippen molar-refractivity contribution in [3.8, 4) is 0 Å². The van der Waals surface area contributed by atoms with E-state index in [1.54, 1.807) is 0 Å². The summed E-state index contributed by atoms with van der Waals surface area (Å²) in [4.78, 5) is 43.0. The Bertz CT molecular complexity index is 1650. The first kappa shape index (κ1) is 32.4. The Labute approximate surface area is 264 Å². The van der Waals surface area contributed by atoms with Gasteiger partial charge in [0.1, 0.15) is 11.6 Å². The van der Waals surface area contributed by atoms with Gasteiger partial charge in [0.15, 0.2) is 0 Å². The van der Waals surface area contributed by atoms with Crippen LogP contribution >= 0.6 is 23.1 Å². The number of aliphatic carboxylic acids is 1. The molecule has 0 saturated carbocycles. The number of piperazine rings is 2. The van der Waals surface area contributed by atoms with Crippen LogP contribution in [-0.4, -0.2) is 106 Å². The lowest BCUT2D eigenvalue weighted by molar-refractivity contribution is -0.192. The summed E-state index contributed by atoms with van der Waals surface area (Å²) in [5.74, 6) is -0.756. The standard InChI is InChI=1S/C27H31N7O2S2.C2HF3O2/c28-21(27(36)34-17-15-33(16-18-34)26-20-6-2-4-8-23(20)38-30-26)9-10-24(35)31-11-13-32(14-12-31)25-19-5-1-3-7-22(19)37-29-25;3-2(4,5)1(6)7/h1-8,21H,9-18,28H2;(H,6,7). The molecule has 2 amide bonds. The molecule has 0 aliphatic carbocycles. The lowest BCUT2D eigenvalue weighted by atomic mass is 10.1. The molecule has 3 N–H and O–H groups in total. The number of anilines is 2. The van der Waals surface area contributed by atoms with Crippen LogP contribution in [0.25, 0.3) is 20.2 Å². The highest BCUT2D eigenvalue weighted by atomic mass is 32.1. The van der Waals surface area contributed by atoms with E-state index in [9.17, 15) is 22.8 Å². The summed E-state index contributed by atoms with van der Waals surface area (Å²) in [6.45, 7) is 5.49. The van der Waals surface area contributed by atoms with E-state index in [0.29, 0.717) is 32.6 Å². The largest absolute Gasteiger partial charge is 0.490 e. The number of hydrogen-bond acceptors (Lipinski definition) is 10. The Hall–Kier alpha value is -4.02. The number of aromatic nitrogens is 2. The fraction of sp³-hybridized carbons (Fsp3) is 0.414. The predicted molar refractivity (Wildman–Crippen MR) is 168 cm³/mol. The molecule has 1 atom stereocenters. The molecule has 2 fully saturated rings. The number of amides is 2. The quantitative estimate of drug-likeness (QED) is 0.317. The van der Waals surface area contributed by atoms with Crippen LogP contribution in [0.1, 0.15) is 12.8 Å². The van der Waals surface area contributed by atoms with E-state index < -0.39 is 18.2 Å². The minimum absolute atomic E-state index is 0.0660. The van der Waals surface area contributed by atoms with Crippen LogP contribution in [0.5, 0.6) is 0 Å². The van der Waals surface area contributed by atoms with Gasteiger partial charge in [-0.2, -0.15) is 21.9 Å². The normalized spacial score (nSPS) is 16.4.